The summed E-state index contributed by atoms with van der Waals surface area (Å²) in [6, 6.07) is 17.6. The van der Waals surface area contributed by atoms with Gasteiger partial charge in [-0.15, -0.1) is 10.2 Å². The lowest BCUT2D eigenvalue weighted by Gasteiger charge is -2.16. The van der Waals surface area contributed by atoms with Crippen LogP contribution in [0, 0.1) is 6.92 Å². The molecule has 0 aliphatic heterocycles. The number of nitrogens with one attached hydrogen (secondary N) is 1. The van der Waals surface area contributed by atoms with Crippen molar-refractivity contribution in [3.8, 4) is 0 Å². The largest absolute Gasteiger partial charge is 0.325 e. The molecule has 0 unspecified atom stereocenters. The molecule has 1 amide bonds. The number of carbonyl (C=O) groups excluding carboxylic acids is 1. The Balaban J connectivity index is 1.59. The second kappa shape index (κ2) is 7.56. The Kier molecular flexibility index (Phi) is 4.99. The van der Waals surface area contributed by atoms with Crippen LogP contribution in [-0.2, 0) is 11.8 Å². The minimum absolute atomic E-state index is 0.0639. The lowest BCUT2D eigenvalue weighted by atomic mass is 10.1. The molecular weight excluding hydrogens is 356 g/mol. The number of aromatic nitrogens is 3. The van der Waals surface area contributed by atoms with Crippen LogP contribution in [0.1, 0.15) is 41.0 Å². The van der Waals surface area contributed by atoms with Crippen molar-refractivity contribution in [1.82, 2.24) is 14.8 Å². The van der Waals surface area contributed by atoms with Crippen molar-refractivity contribution in [2.24, 2.45) is 7.05 Å². The summed E-state index contributed by atoms with van der Waals surface area (Å²) in [5.41, 5.74) is 2.90. The summed E-state index contributed by atoms with van der Waals surface area (Å²) in [4.78, 5) is 13.1. The number of carbonyl (C=O) groups is 1. The van der Waals surface area contributed by atoms with Gasteiger partial charge in [0.1, 0.15) is 11.1 Å². The summed E-state index contributed by atoms with van der Waals surface area (Å²) >= 11 is 1.44. The lowest BCUT2D eigenvalue weighted by Crippen LogP contribution is -2.19. The van der Waals surface area contributed by atoms with E-state index in [1.165, 1.54) is 24.6 Å². The summed E-state index contributed by atoms with van der Waals surface area (Å²) in [7, 11) is 1.98. The van der Waals surface area contributed by atoms with Gasteiger partial charge in [-0.05, 0) is 37.5 Å². The first-order chi connectivity index (χ1) is 13.1. The van der Waals surface area contributed by atoms with Crippen molar-refractivity contribution in [1.29, 1.82) is 0 Å². The van der Waals surface area contributed by atoms with Gasteiger partial charge < -0.3 is 9.88 Å². The van der Waals surface area contributed by atoms with Crippen LogP contribution in [-0.4, -0.2) is 20.7 Å². The molecule has 3 aromatic rings. The van der Waals surface area contributed by atoms with Gasteiger partial charge in [0, 0.05) is 18.7 Å². The molecule has 1 fully saturated rings. The first-order valence-electron chi connectivity index (χ1n) is 9.10. The lowest BCUT2D eigenvalue weighted by molar-refractivity contribution is -0.115. The summed E-state index contributed by atoms with van der Waals surface area (Å²) < 4.78 is 2.03. The molecule has 1 aromatic heterocycles. The van der Waals surface area contributed by atoms with E-state index in [0.29, 0.717) is 5.92 Å². The Morgan fingerprint density at radius 3 is 2.48 bits per heavy atom. The van der Waals surface area contributed by atoms with Gasteiger partial charge in [0.25, 0.3) is 0 Å². The van der Waals surface area contributed by atoms with Crippen LogP contribution in [0.3, 0.4) is 0 Å². The molecule has 1 heterocycles. The molecule has 1 N–H and O–H groups in total. The molecule has 5 nitrogen and oxygen atoms in total. The maximum absolute atomic E-state index is 13.1. The summed E-state index contributed by atoms with van der Waals surface area (Å²) in [5, 5.41) is 12.1. The fourth-order valence-corrected chi connectivity index (χ4v) is 3.99. The fourth-order valence-electron chi connectivity index (χ4n) is 2.98. The van der Waals surface area contributed by atoms with Crippen LogP contribution in [0.5, 0.6) is 0 Å². The van der Waals surface area contributed by atoms with E-state index in [1.54, 1.807) is 0 Å². The van der Waals surface area contributed by atoms with E-state index in [4.69, 9.17) is 0 Å². The molecule has 1 aliphatic rings. The van der Waals surface area contributed by atoms with Crippen LogP contribution in [0.25, 0.3) is 0 Å². The monoisotopic (exact) mass is 378 g/mol. The van der Waals surface area contributed by atoms with E-state index in [0.717, 1.165) is 27.8 Å². The van der Waals surface area contributed by atoms with Gasteiger partial charge in [0.15, 0.2) is 5.16 Å². The predicted molar refractivity (Wildman–Crippen MR) is 108 cm³/mol. The number of hydrogen-bond acceptors (Lipinski definition) is 4. The third-order valence-corrected chi connectivity index (χ3v) is 5.98. The fraction of sp³-hybridized carbons (Fsp3) is 0.286. The number of aryl methyl sites for hydroxylation is 1. The number of rotatable bonds is 6. The predicted octanol–water partition coefficient (Wildman–Crippen LogP) is 4.47. The van der Waals surface area contributed by atoms with Gasteiger partial charge in [-0.2, -0.15) is 0 Å². The molecule has 4 rings (SSSR count). The number of hydrogen-bond donors (Lipinski definition) is 1. The quantitative estimate of drug-likeness (QED) is 0.643. The molecule has 0 bridgehead atoms. The highest BCUT2D eigenvalue weighted by Crippen LogP contribution is 2.41. The Bertz CT molecular complexity index is 933. The average molecular weight is 379 g/mol. The van der Waals surface area contributed by atoms with E-state index in [1.807, 2.05) is 73.1 Å². The van der Waals surface area contributed by atoms with Crippen LogP contribution >= 0.6 is 11.8 Å². The standard InChI is InChI=1S/C21H22N4OS/c1-14-8-12-17(13-9-14)22-20(26)18(15-6-4-3-5-7-15)27-21-24-23-19(25(21)2)16-10-11-16/h3-9,12-13,16,18H,10-11H2,1-2H3,(H,22,26)/t18-/m1/s1. The van der Waals surface area contributed by atoms with E-state index >= 15 is 0 Å². The van der Waals surface area contributed by atoms with Crippen molar-refractivity contribution < 1.29 is 4.79 Å². The Hall–Kier alpha value is -2.60. The van der Waals surface area contributed by atoms with Crippen LogP contribution in [0.15, 0.2) is 59.8 Å². The molecule has 1 aliphatic carbocycles. The molecule has 1 saturated carbocycles. The second-order valence-electron chi connectivity index (χ2n) is 6.94. The third kappa shape index (κ3) is 4.06. The van der Waals surface area contributed by atoms with Gasteiger partial charge in [0.05, 0.1) is 0 Å². The van der Waals surface area contributed by atoms with E-state index < -0.39 is 5.25 Å². The number of anilines is 1. The molecule has 0 radical (unpaired) electrons. The van der Waals surface area contributed by atoms with Gasteiger partial charge in [-0.3, -0.25) is 4.79 Å². The molecule has 2 aromatic carbocycles. The van der Waals surface area contributed by atoms with Gasteiger partial charge in [-0.1, -0.05) is 59.8 Å². The highest BCUT2D eigenvalue weighted by atomic mass is 32.2. The Labute approximate surface area is 163 Å². The maximum Gasteiger partial charge on any atom is 0.242 e. The zero-order valence-electron chi connectivity index (χ0n) is 15.4. The highest BCUT2D eigenvalue weighted by Gasteiger charge is 2.31. The maximum atomic E-state index is 13.1. The van der Waals surface area contributed by atoms with Gasteiger partial charge in [-0.25, -0.2) is 0 Å². The van der Waals surface area contributed by atoms with Crippen molar-refractivity contribution in [2.45, 2.75) is 36.1 Å². The van der Waals surface area contributed by atoms with Crippen LogP contribution in [0.2, 0.25) is 0 Å². The minimum atomic E-state index is -0.401. The number of nitrogens with zero attached hydrogens (tertiary/aromatic N) is 3. The molecule has 1 atom stereocenters. The number of benzene rings is 2. The smallest absolute Gasteiger partial charge is 0.242 e. The number of amides is 1. The van der Waals surface area contributed by atoms with Crippen molar-refractivity contribution in [3.63, 3.8) is 0 Å². The molecular formula is C21H22N4OS. The minimum Gasteiger partial charge on any atom is -0.325 e. The normalized spacial score (nSPS) is 14.7. The average Bonchev–Trinajstić information content (AvgIpc) is 3.46. The SMILES string of the molecule is Cc1ccc(NC(=O)[C@H](Sc2nnc(C3CC3)n2C)c2ccccc2)cc1. The van der Waals surface area contributed by atoms with E-state index in [2.05, 4.69) is 15.5 Å². The molecule has 6 heteroatoms. The molecule has 0 saturated heterocycles. The topological polar surface area (TPSA) is 59.8 Å². The number of thioether (sulfide) groups is 1. The van der Waals surface area contributed by atoms with Crippen LogP contribution in [0.4, 0.5) is 5.69 Å². The first kappa shape index (κ1) is 17.8. The van der Waals surface area contributed by atoms with Gasteiger partial charge in [0.2, 0.25) is 5.91 Å². The Morgan fingerprint density at radius 1 is 1.11 bits per heavy atom. The molecule has 0 spiro atoms. The highest BCUT2D eigenvalue weighted by molar-refractivity contribution is 8.00. The van der Waals surface area contributed by atoms with Crippen molar-refractivity contribution in [3.05, 3.63) is 71.5 Å². The summed E-state index contributed by atoms with van der Waals surface area (Å²) in [6.07, 6.45) is 2.35. The van der Waals surface area contributed by atoms with E-state index in [-0.39, 0.29) is 5.91 Å². The summed E-state index contributed by atoms with van der Waals surface area (Å²) in [6.45, 7) is 2.03. The second-order valence-corrected chi connectivity index (χ2v) is 8.01. The Morgan fingerprint density at radius 2 is 1.81 bits per heavy atom. The third-order valence-electron chi connectivity index (χ3n) is 4.69. The van der Waals surface area contributed by atoms with E-state index in [9.17, 15) is 4.79 Å². The van der Waals surface area contributed by atoms with Crippen molar-refractivity contribution >= 4 is 23.4 Å². The van der Waals surface area contributed by atoms with Gasteiger partial charge >= 0.3 is 0 Å². The van der Waals surface area contributed by atoms with Crippen molar-refractivity contribution in [2.75, 3.05) is 5.32 Å². The zero-order chi connectivity index (χ0) is 18.8. The van der Waals surface area contributed by atoms with Crippen LogP contribution < -0.4 is 5.32 Å². The summed E-state index contributed by atoms with van der Waals surface area (Å²) in [5.74, 6) is 1.47. The molecule has 138 valence electrons. The molecule has 27 heavy (non-hydrogen) atoms. The first-order valence-corrected chi connectivity index (χ1v) is 9.98. The zero-order valence-corrected chi connectivity index (χ0v) is 16.2.